The van der Waals surface area contributed by atoms with E-state index in [0.29, 0.717) is 75.1 Å². The number of aliphatic hydroxyl groups is 2. The average molecular weight is 805 g/mol. The fraction of sp³-hybridized carbons (Fsp3) is 0.514. The first-order valence-electron chi connectivity index (χ1n) is 18.1. The van der Waals surface area contributed by atoms with Gasteiger partial charge < -0.3 is 49.9 Å². The van der Waals surface area contributed by atoms with Crippen molar-refractivity contribution < 1.29 is 57.2 Å². The molecule has 2 aromatic rings. The molecule has 6 amide bonds. The van der Waals surface area contributed by atoms with Gasteiger partial charge in [0.25, 0.3) is 0 Å². The van der Waals surface area contributed by atoms with Crippen molar-refractivity contribution in [2.45, 2.75) is 33.5 Å². The zero-order chi connectivity index (χ0) is 40.5. The quantitative estimate of drug-likeness (QED) is 0.259. The minimum atomic E-state index is -0.585. The Labute approximate surface area is 328 Å². The Morgan fingerprint density at radius 1 is 0.649 bits per heavy atom. The molecule has 0 saturated carbocycles. The third-order valence-electron chi connectivity index (χ3n) is 9.61. The van der Waals surface area contributed by atoms with Gasteiger partial charge in [0, 0.05) is 66.2 Å². The molecular weight excluding hydrogens is 754 g/mol. The highest BCUT2D eigenvalue weighted by Gasteiger charge is 2.34. The van der Waals surface area contributed by atoms with Crippen LogP contribution in [0.4, 0.5) is 41.1 Å². The molecule has 4 N–H and O–H groups in total. The number of anilines is 4. The van der Waals surface area contributed by atoms with E-state index in [1.54, 1.807) is 24.3 Å². The Balaban J connectivity index is 0.000000248. The van der Waals surface area contributed by atoms with Gasteiger partial charge in [-0.15, -0.1) is 0 Å². The summed E-state index contributed by atoms with van der Waals surface area (Å²) < 4.78 is 39.8. The van der Waals surface area contributed by atoms with E-state index in [0.717, 1.165) is 0 Å². The van der Waals surface area contributed by atoms with E-state index in [1.807, 2.05) is 9.80 Å². The van der Waals surface area contributed by atoms with Crippen molar-refractivity contribution in [1.29, 1.82) is 0 Å². The van der Waals surface area contributed by atoms with Crippen molar-refractivity contribution >= 4 is 58.6 Å². The summed E-state index contributed by atoms with van der Waals surface area (Å²) in [7, 11) is 0. The number of hydrogen-bond acceptors (Lipinski definition) is 12. The van der Waals surface area contributed by atoms with E-state index >= 15 is 0 Å². The summed E-state index contributed by atoms with van der Waals surface area (Å²) in [4.78, 5) is 78.5. The largest absolute Gasteiger partial charge is 0.442 e. The van der Waals surface area contributed by atoms with Gasteiger partial charge >= 0.3 is 12.2 Å². The van der Waals surface area contributed by atoms with E-state index in [2.05, 4.69) is 10.6 Å². The highest BCUT2D eigenvalue weighted by atomic mass is 19.1. The van der Waals surface area contributed by atoms with Gasteiger partial charge in [-0.1, -0.05) is 7.43 Å². The number of nitrogens with zero attached hydrogens (tertiary/aromatic N) is 6. The average Bonchev–Trinajstić information content (AvgIpc) is 3.77. The number of halogens is 2. The molecule has 0 spiro atoms. The predicted octanol–water partition coefficient (Wildman–Crippen LogP) is 0.492. The minimum Gasteiger partial charge on any atom is -0.442 e. The van der Waals surface area contributed by atoms with Crippen molar-refractivity contribution in [2.24, 2.45) is 0 Å². The summed E-state index contributed by atoms with van der Waals surface area (Å²) in [5, 5.41) is 23.0. The van der Waals surface area contributed by atoms with Gasteiger partial charge in [0.15, 0.2) is 0 Å². The molecule has 20 heteroatoms. The highest BCUT2D eigenvalue weighted by molar-refractivity contribution is 5.91. The highest BCUT2D eigenvalue weighted by Crippen LogP contribution is 2.30. The maximum atomic E-state index is 14.7. The zero-order valence-corrected chi connectivity index (χ0v) is 31.1. The Hall–Kier alpha value is -5.76. The zero-order valence-electron chi connectivity index (χ0n) is 31.1. The molecule has 18 nitrogen and oxygen atoms in total. The monoisotopic (exact) mass is 804 g/mol. The Morgan fingerprint density at radius 3 is 1.30 bits per heavy atom. The van der Waals surface area contributed by atoms with E-state index in [9.17, 15) is 37.5 Å². The molecule has 4 aliphatic heterocycles. The third-order valence-corrected chi connectivity index (χ3v) is 9.61. The summed E-state index contributed by atoms with van der Waals surface area (Å²) in [6.45, 7) is 5.98. The first kappa shape index (κ1) is 44.0. The number of amides is 6. The fourth-order valence-corrected chi connectivity index (χ4v) is 6.63. The predicted molar refractivity (Wildman–Crippen MR) is 204 cm³/mol. The summed E-state index contributed by atoms with van der Waals surface area (Å²) in [6.07, 6.45) is -2.15. The van der Waals surface area contributed by atoms with E-state index in [1.165, 1.54) is 45.6 Å². The Morgan fingerprint density at radius 2 is 1.00 bits per heavy atom. The fourth-order valence-electron chi connectivity index (χ4n) is 6.63. The first-order valence-corrected chi connectivity index (χ1v) is 18.1. The normalized spacial score (nSPS) is 19.3. The van der Waals surface area contributed by atoms with Crippen LogP contribution < -0.4 is 30.2 Å². The molecule has 2 aromatic carbocycles. The third kappa shape index (κ3) is 11.2. The van der Waals surface area contributed by atoms with Crippen LogP contribution in [-0.4, -0.2) is 160 Å². The Kier molecular flexibility index (Phi) is 15.3. The molecule has 2 atom stereocenters. The van der Waals surface area contributed by atoms with Gasteiger partial charge in [-0.05, 0) is 36.4 Å². The summed E-state index contributed by atoms with van der Waals surface area (Å²) in [6, 6.07) is 9.05. The molecule has 0 radical (unpaired) electrons. The topological polar surface area (TPSA) is 205 Å². The van der Waals surface area contributed by atoms with Crippen molar-refractivity contribution in [2.75, 3.05) is 111 Å². The molecule has 0 bridgehead atoms. The molecule has 4 aliphatic rings. The lowest BCUT2D eigenvalue weighted by atomic mass is 10.2. The smallest absolute Gasteiger partial charge is 0.414 e. The summed E-state index contributed by atoms with van der Waals surface area (Å²) >= 11 is 0. The van der Waals surface area contributed by atoms with Gasteiger partial charge in [-0.25, -0.2) is 18.4 Å². The SMILES string of the molecule is C.CC(=O)NCC1CN(c2ccc(N3CCN(C(=O)CO)CC3)c(F)c2)C(=O)O1.CC(=O)NC[C@H]1CN(c2ccc(N3CCN(C(=O)CO)CC3)c(F)c2)C(=O)O1. The molecule has 0 aromatic heterocycles. The van der Waals surface area contributed by atoms with Crippen LogP contribution in [0.1, 0.15) is 21.3 Å². The number of nitrogens with one attached hydrogen (secondary N) is 2. The van der Waals surface area contributed by atoms with E-state index in [4.69, 9.17) is 19.7 Å². The first-order chi connectivity index (χ1) is 26.8. The van der Waals surface area contributed by atoms with E-state index < -0.39 is 49.2 Å². The Bertz CT molecular complexity index is 1660. The molecule has 57 heavy (non-hydrogen) atoms. The lowest BCUT2D eigenvalue weighted by molar-refractivity contribution is -0.135. The van der Waals surface area contributed by atoms with Crippen molar-refractivity contribution in [1.82, 2.24) is 20.4 Å². The summed E-state index contributed by atoms with van der Waals surface area (Å²) in [5.74, 6) is -2.06. The number of piperazine rings is 2. The van der Waals surface area contributed by atoms with Crippen molar-refractivity contribution in [3.63, 3.8) is 0 Å². The van der Waals surface area contributed by atoms with Crippen LogP contribution in [-0.2, 0) is 28.7 Å². The number of benzene rings is 2. The second-order valence-corrected chi connectivity index (χ2v) is 13.4. The van der Waals surface area contributed by atoms with Crippen LogP contribution in [0.25, 0.3) is 0 Å². The van der Waals surface area contributed by atoms with Crippen molar-refractivity contribution in [3.8, 4) is 0 Å². The lowest BCUT2D eigenvalue weighted by Crippen LogP contribution is -2.49. The second kappa shape index (κ2) is 19.9. The molecule has 6 rings (SSSR count). The lowest BCUT2D eigenvalue weighted by Gasteiger charge is -2.36. The van der Waals surface area contributed by atoms with Crippen LogP contribution in [0.2, 0.25) is 0 Å². The molecule has 4 saturated heterocycles. The number of carbonyl (C=O) groups excluding carboxylic acids is 6. The van der Waals surface area contributed by atoms with Crippen LogP contribution in [0.5, 0.6) is 0 Å². The van der Waals surface area contributed by atoms with Gasteiger partial charge in [-0.3, -0.25) is 29.0 Å². The molecule has 1 unspecified atom stereocenters. The number of aliphatic hydroxyl groups excluding tert-OH is 2. The van der Waals surface area contributed by atoms with Gasteiger partial charge in [-0.2, -0.15) is 0 Å². The number of rotatable bonds is 10. The number of carbonyl (C=O) groups is 6. The minimum absolute atomic E-state index is 0. The molecular formula is C37H50F2N8O10. The van der Waals surface area contributed by atoms with Crippen molar-refractivity contribution in [3.05, 3.63) is 48.0 Å². The van der Waals surface area contributed by atoms with Crippen LogP contribution >= 0.6 is 0 Å². The van der Waals surface area contributed by atoms with Gasteiger partial charge in [0.1, 0.15) is 37.1 Å². The van der Waals surface area contributed by atoms with Gasteiger partial charge in [0.2, 0.25) is 23.6 Å². The standard InChI is InChI=1S/2C18H23FN4O5.CH4/c2*1-12(25)20-9-14-10-23(18(27)28-14)13-2-3-16(15(19)8-13)21-4-6-22(7-5-21)17(26)11-24;/h2*2-3,8,14,24H,4-7,9-11H2,1H3,(H,20,25);1H4/t14-;;/m0../s1. The molecule has 0 aliphatic carbocycles. The molecule has 4 heterocycles. The number of ether oxygens (including phenoxy) is 2. The van der Waals surface area contributed by atoms with Gasteiger partial charge in [0.05, 0.1) is 48.9 Å². The maximum Gasteiger partial charge on any atom is 0.414 e. The van der Waals surface area contributed by atoms with Crippen LogP contribution in [0, 0.1) is 11.6 Å². The summed E-state index contributed by atoms with van der Waals surface area (Å²) in [5.41, 5.74) is 1.54. The molecule has 4 fully saturated rings. The van der Waals surface area contributed by atoms with Crippen LogP contribution in [0.3, 0.4) is 0 Å². The second-order valence-electron chi connectivity index (χ2n) is 13.4. The maximum absolute atomic E-state index is 14.7. The van der Waals surface area contributed by atoms with E-state index in [-0.39, 0.29) is 57.2 Å². The number of hydrogen-bond donors (Lipinski definition) is 4. The van der Waals surface area contributed by atoms with Crippen LogP contribution in [0.15, 0.2) is 36.4 Å². The number of cyclic esters (lactones) is 2. The molecule has 312 valence electrons.